The van der Waals surface area contributed by atoms with E-state index in [1.165, 1.54) is 5.56 Å². The second kappa shape index (κ2) is 5.83. The number of aromatic nitrogens is 1. The molecule has 4 heteroatoms. The van der Waals surface area contributed by atoms with Crippen LogP contribution >= 0.6 is 15.9 Å². The molecule has 1 aromatic carbocycles. The fraction of sp³-hybridized carbons (Fsp3) is 0.312. The molecule has 104 valence electrons. The zero-order valence-electron chi connectivity index (χ0n) is 11.3. The summed E-state index contributed by atoms with van der Waals surface area (Å²) >= 11 is 3.47. The third-order valence-electron chi connectivity index (χ3n) is 3.84. The van der Waals surface area contributed by atoms with Gasteiger partial charge in [-0.25, -0.2) is 4.98 Å². The van der Waals surface area contributed by atoms with Crippen molar-refractivity contribution in [2.45, 2.75) is 24.8 Å². The molecule has 0 amide bonds. The molecule has 0 bridgehead atoms. The summed E-state index contributed by atoms with van der Waals surface area (Å²) in [5.41, 5.74) is 2.38. The molecule has 0 aliphatic heterocycles. The summed E-state index contributed by atoms with van der Waals surface area (Å²) in [6.45, 7) is 0. The molecule has 0 spiro atoms. The lowest BCUT2D eigenvalue weighted by atomic mass is 9.75. The number of hydrogen-bond donors (Lipinski definition) is 1. The van der Waals surface area contributed by atoms with E-state index in [9.17, 15) is 0 Å². The molecule has 0 saturated heterocycles. The molecule has 1 N–H and O–H groups in total. The average molecular weight is 333 g/mol. The van der Waals surface area contributed by atoms with Crippen molar-refractivity contribution in [1.29, 1.82) is 0 Å². The smallest absolute Gasteiger partial charge is 0.129 e. The summed E-state index contributed by atoms with van der Waals surface area (Å²) in [4.78, 5) is 4.23. The summed E-state index contributed by atoms with van der Waals surface area (Å²) in [6.07, 6.45) is 4.04. The molecule has 0 unspecified atom stereocenters. The van der Waals surface area contributed by atoms with Gasteiger partial charge in [-0.3, -0.25) is 0 Å². The van der Waals surface area contributed by atoms with Gasteiger partial charge in [0.2, 0.25) is 0 Å². The number of benzene rings is 1. The summed E-state index contributed by atoms with van der Waals surface area (Å²) in [7, 11) is 1.74. The van der Waals surface area contributed by atoms with E-state index in [2.05, 4.69) is 38.4 Å². The zero-order valence-corrected chi connectivity index (χ0v) is 12.9. The van der Waals surface area contributed by atoms with E-state index in [1.807, 2.05) is 24.3 Å². The normalized spacial score (nSPS) is 21.1. The van der Waals surface area contributed by atoms with Crippen LogP contribution in [0.5, 0.6) is 5.75 Å². The quantitative estimate of drug-likeness (QED) is 0.851. The van der Waals surface area contributed by atoms with Gasteiger partial charge in [0.1, 0.15) is 10.4 Å². The topological polar surface area (TPSA) is 34.1 Å². The predicted octanol–water partition coefficient (Wildman–Crippen LogP) is 4.21. The number of anilines is 1. The van der Waals surface area contributed by atoms with E-state index in [0.717, 1.165) is 28.9 Å². The van der Waals surface area contributed by atoms with Crippen LogP contribution in [0.15, 0.2) is 47.2 Å². The molecule has 1 aromatic heterocycles. The Hall–Kier alpha value is -1.55. The van der Waals surface area contributed by atoms with Crippen molar-refractivity contribution in [2.24, 2.45) is 0 Å². The number of halogens is 1. The number of rotatable bonds is 4. The zero-order chi connectivity index (χ0) is 13.9. The SMILES string of the molecule is COc1ccccc1C1CC(Nc2cccnc2Br)C1. The lowest BCUT2D eigenvalue weighted by molar-refractivity contribution is 0.349. The highest BCUT2D eigenvalue weighted by atomic mass is 79.9. The maximum Gasteiger partial charge on any atom is 0.129 e. The summed E-state index contributed by atoms with van der Waals surface area (Å²) in [5, 5.41) is 3.53. The van der Waals surface area contributed by atoms with Crippen LogP contribution in [0.1, 0.15) is 24.3 Å². The highest BCUT2D eigenvalue weighted by molar-refractivity contribution is 9.10. The summed E-state index contributed by atoms with van der Waals surface area (Å²) < 4.78 is 6.31. The maximum atomic E-state index is 5.44. The second-order valence-electron chi connectivity index (χ2n) is 5.09. The van der Waals surface area contributed by atoms with E-state index in [1.54, 1.807) is 13.3 Å². The van der Waals surface area contributed by atoms with Crippen LogP contribution in [-0.4, -0.2) is 18.1 Å². The first-order valence-electron chi connectivity index (χ1n) is 6.78. The van der Waals surface area contributed by atoms with Crippen molar-refractivity contribution in [3.8, 4) is 5.75 Å². The molecule has 1 fully saturated rings. The molecule has 3 rings (SSSR count). The Balaban J connectivity index is 1.63. The molecule has 0 radical (unpaired) electrons. The Morgan fingerprint density at radius 1 is 1.20 bits per heavy atom. The number of ether oxygens (including phenoxy) is 1. The Labute approximate surface area is 127 Å². The molecule has 1 aliphatic carbocycles. The summed E-state index contributed by atoms with van der Waals surface area (Å²) in [6, 6.07) is 12.8. The number of nitrogens with one attached hydrogen (secondary N) is 1. The number of hydrogen-bond acceptors (Lipinski definition) is 3. The van der Waals surface area contributed by atoms with Gasteiger partial charge in [-0.15, -0.1) is 0 Å². The van der Waals surface area contributed by atoms with Gasteiger partial charge in [-0.05, 0) is 58.5 Å². The Morgan fingerprint density at radius 3 is 2.75 bits per heavy atom. The van der Waals surface area contributed by atoms with E-state index in [-0.39, 0.29) is 0 Å². The maximum absolute atomic E-state index is 5.44. The van der Waals surface area contributed by atoms with E-state index < -0.39 is 0 Å². The van der Waals surface area contributed by atoms with Crippen LogP contribution in [0.25, 0.3) is 0 Å². The van der Waals surface area contributed by atoms with Crippen LogP contribution in [0, 0.1) is 0 Å². The van der Waals surface area contributed by atoms with Crippen LogP contribution in [-0.2, 0) is 0 Å². The van der Waals surface area contributed by atoms with Crippen molar-refractivity contribution in [1.82, 2.24) is 4.98 Å². The fourth-order valence-corrected chi connectivity index (χ4v) is 3.07. The van der Waals surface area contributed by atoms with E-state index in [0.29, 0.717) is 12.0 Å². The standard InChI is InChI=1S/C16H17BrN2O/c1-20-15-7-3-2-5-13(15)11-9-12(10-11)19-14-6-4-8-18-16(14)17/h2-8,11-12,19H,9-10H2,1H3. The Morgan fingerprint density at radius 2 is 2.00 bits per heavy atom. The molecule has 1 saturated carbocycles. The number of nitrogens with zero attached hydrogens (tertiary/aromatic N) is 1. The minimum atomic E-state index is 0.505. The molecule has 1 aliphatic rings. The first kappa shape index (κ1) is 13.4. The Bertz CT molecular complexity index is 597. The monoisotopic (exact) mass is 332 g/mol. The minimum absolute atomic E-state index is 0.505. The van der Waals surface area contributed by atoms with Crippen molar-refractivity contribution < 1.29 is 4.74 Å². The average Bonchev–Trinajstić information content (AvgIpc) is 2.44. The van der Waals surface area contributed by atoms with Gasteiger partial charge in [0.15, 0.2) is 0 Å². The first-order chi connectivity index (χ1) is 9.78. The minimum Gasteiger partial charge on any atom is -0.496 e. The summed E-state index contributed by atoms with van der Waals surface area (Å²) in [5.74, 6) is 1.58. The molecule has 3 nitrogen and oxygen atoms in total. The lowest BCUT2D eigenvalue weighted by Gasteiger charge is -2.37. The fourth-order valence-electron chi connectivity index (χ4n) is 2.71. The van der Waals surface area contributed by atoms with Gasteiger partial charge in [0.05, 0.1) is 12.8 Å². The largest absolute Gasteiger partial charge is 0.496 e. The molecule has 1 heterocycles. The number of pyridine rings is 1. The molecule has 2 aromatic rings. The van der Waals surface area contributed by atoms with Gasteiger partial charge >= 0.3 is 0 Å². The predicted molar refractivity (Wildman–Crippen MR) is 84.3 cm³/mol. The molecular formula is C16H17BrN2O. The molecule has 0 atom stereocenters. The highest BCUT2D eigenvalue weighted by Crippen LogP contribution is 2.42. The third kappa shape index (κ3) is 2.66. The van der Waals surface area contributed by atoms with Crippen LogP contribution < -0.4 is 10.1 Å². The van der Waals surface area contributed by atoms with Gasteiger partial charge in [0.25, 0.3) is 0 Å². The second-order valence-corrected chi connectivity index (χ2v) is 5.84. The van der Waals surface area contributed by atoms with Crippen molar-refractivity contribution in [3.63, 3.8) is 0 Å². The van der Waals surface area contributed by atoms with Gasteiger partial charge < -0.3 is 10.1 Å². The van der Waals surface area contributed by atoms with Crippen LogP contribution in [0.2, 0.25) is 0 Å². The Kier molecular flexibility index (Phi) is 3.92. The van der Waals surface area contributed by atoms with Gasteiger partial charge in [0, 0.05) is 12.2 Å². The van der Waals surface area contributed by atoms with Crippen molar-refractivity contribution in [2.75, 3.05) is 12.4 Å². The van der Waals surface area contributed by atoms with E-state index >= 15 is 0 Å². The van der Waals surface area contributed by atoms with E-state index in [4.69, 9.17) is 4.74 Å². The number of para-hydroxylation sites is 1. The van der Waals surface area contributed by atoms with Crippen LogP contribution in [0.3, 0.4) is 0 Å². The highest BCUT2D eigenvalue weighted by Gasteiger charge is 2.32. The van der Waals surface area contributed by atoms with Gasteiger partial charge in [-0.2, -0.15) is 0 Å². The lowest BCUT2D eigenvalue weighted by Crippen LogP contribution is -2.34. The van der Waals surface area contributed by atoms with Crippen molar-refractivity contribution in [3.05, 3.63) is 52.8 Å². The third-order valence-corrected chi connectivity index (χ3v) is 4.47. The molecular weight excluding hydrogens is 316 g/mol. The van der Waals surface area contributed by atoms with Gasteiger partial charge in [-0.1, -0.05) is 18.2 Å². The molecule has 20 heavy (non-hydrogen) atoms. The first-order valence-corrected chi connectivity index (χ1v) is 7.57. The van der Waals surface area contributed by atoms with Crippen molar-refractivity contribution >= 4 is 21.6 Å². The number of methoxy groups -OCH3 is 1. The van der Waals surface area contributed by atoms with Crippen LogP contribution in [0.4, 0.5) is 5.69 Å².